The molecule has 1 aromatic heterocycles. The smallest absolute Gasteiger partial charge is 0.0946 e. The number of aromatic nitrogens is 2. The first-order chi connectivity index (χ1) is 4.33. The van der Waals surface area contributed by atoms with Gasteiger partial charge in [0.25, 0.3) is 0 Å². The fourth-order valence-electron chi connectivity index (χ4n) is 0.720. The Morgan fingerprint density at radius 1 is 1.89 bits per heavy atom. The molecular weight excluding hydrogens is 112 g/mol. The monoisotopic (exact) mass is 122 g/mol. The summed E-state index contributed by atoms with van der Waals surface area (Å²) in [6, 6.07) is 0. The van der Waals surface area contributed by atoms with Crippen molar-refractivity contribution in [3.8, 4) is 0 Å². The van der Waals surface area contributed by atoms with Gasteiger partial charge in [0.15, 0.2) is 0 Å². The van der Waals surface area contributed by atoms with Crippen LogP contribution in [0.5, 0.6) is 0 Å². The van der Waals surface area contributed by atoms with Crippen molar-refractivity contribution in [3.63, 3.8) is 0 Å². The molecule has 0 atom stereocenters. The summed E-state index contributed by atoms with van der Waals surface area (Å²) in [6.45, 7) is 3.62. The quantitative estimate of drug-likeness (QED) is 0.538. The van der Waals surface area contributed by atoms with Gasteiger partial charge in [0.1, 0.15) is 0 Å². The van der Waals surface area contributed by atoms with E-state index >= 15 is 0 Å². The van der Waals surface area contributed by atoms with Crippen molar-refractivity contribution in [2.45, 2.75) is 6.42 Å². The van der Waals surface area contributed by atoms with Crippen molar-refractivity contribution in [3.05, 3.63) is 30.9 Å². The average molecular weight is 122 g/mol. The van der Waals surface area contributed by atoms with E-state index in [1.54, 1.807) is 6.33 Å². The summed E-state index contributed by atoms with van der Waals surface area (Å²) in [5.41, 5.74) is 1.08. The van der Waals surface area contributed by atoms with E-state index < -0.39 is 0 Å². The molecule has 1 rings (SSSR count). The van der Waals surface area contributed by atoms with Crippen LogP contribution in [0.1, 0.15) is 5.69 Å². The summed E-state index contributed by atoms with van der Waals surface area (Å²) in [4.78, 5) is 4.10. The predicted molar refractivity (Wildman–Crippen MR) is 37.1 cm³/mol. The van der Waals surface area contributed by atoms with Gasteiger partial charge in [0, 0.05) is 19.7 Å². The summed E-state index contributed by atoms with van der Waals surface area (Å²) in [7, 11) is 1.96. The van der Waals surface area contributed by atoms with Crippen molar-refractivity contribution in [1.82, 2.24) is 9.55 Å². The van der Waals surface area contributed by atoms with E-state index in [2.05, 4.69) is 11.6 Å². The third-order valence-electron chi connectivity index (χ3n) is 1.11. The molecule has 0 saturated heterocycles. The first-order valence-corrected chi connectivity index (χ1v) is 2.90. The summed E-state index contributed by atoms with van der Waals surface area (Å²) >= 11 is 0. The van der Waals surface area contributed by atoms with E-state index in [-0.39, 0.29) is 0 Å². The van der Waals surface area contributed by atoms with E-state index in [1.165, 1.54) is 0 Å². The van der Waals surface area contributed by atoms with Gasteiger partial charge in [0.2, 0.25) is 0 Å². The fourth-order valence-corrected chi connectivity index (χ4v) is 0.720. The van der Waals surface area contributed by atoms with Crippen LogP contribution in [-0.2, 0) is 13.5 Å². The van der Waals surface area contributed by atoms with Crippen molar-refractivity contribution in [2.75, 3.05) is 0 Å². The lowest BCUT2D eigenvalue weighted by Gasteiger charge is -1.83. The average Bonchev–Trinajstić information content (AvgIpc) is 2.17. The molecule has 1 heterocycles. The van der Waals surface area contributed by atoms with E-state index in [0.29, 0.717) is 0 Å². The molecule has 0 aliphatic heterocycles. The highest BCUT2D eigenvalue weighted by Crippen LogP contribution is 1.94. The molecule has 0 bridgehead atoms. The molecule has 0 aromatic carbocycles. The van der Waals surface area contributed by atoms with Crippen LogP contribution in [0.4, 0.5) is 0 Å². The van der Waals surface area contributed by atoms with Gasteiger partial charge in [-0.05, 0) is 0 Å². The highest BCUT2D eigenvalue weighted by atomic mass is 15.0. The lowest BCUT2D eigenvalue weighted by atomic mass is 10.3. The van der Waals surface area contributed by atoms with Crippen LogP contribution in [0.25, 0.3) is 0 Å². The van der Waals surface area contributed by atoms with Crippen molar-refractivity contribution < 1.29 is 0 Å². The number of rotatable bonds is 2. The molecule has 0 fully saturated rings. The number of aryl methyl sites for hydroxylation is 1. The van der Waals surface area contributed by atoms with E-state index in [4.69, 9.17) is 0 Å². The molecule has 0 N–H and O–H groups in total. The summed E-state index contributed by atoms with van der Waals surface area (Å²) in [5.74, 6) is 0. The first kappa shape index (κ1) is 6.08. The maximum absolute atomic E-state index is 4.10. The number of nitrogens with zero attached hydrogens (tertiary/aromatic N) is 2. The molecule has 2 heteroatoms. The van der Waals surface area contributed by atoms with Crippen LogP contribution < -0.4 is 0 Å². The van der Waals surface area contributed by atoms with Gasteiger partial charge in [0.05, 0.1) is 12.0 Å². The lowest BCUT2D eigenvalue weighted by Crippen LogP contribution is -1.79. The molecule has 0 spiro atoms. The Hall–Kier alpha value is -1.05. The summed E-state index contributed by atoms with van der Waals surface area (Å²) in [6.07, 6.45) is 6.49. The minimum Gasteiger partial charge on any atom is -0.340 e. The summed E-state index contributed by atoms with van der Waals surface area (Å²) < 4.78 is 1.93. The molecule has 0 amide bonds. The van der Waals surface area contributed by atoms with Gasteiger partial charge in [-0.2, -0.15) is 0 Å². The lowest BCUT2D eigenvalue weighted by molar-refractivity contribution is 0.912. The Balaban J connectivity index is 2.72. The number of hydrogen-bond acceptors (Lipinski definition) is 1. The highest BCUT2D eigenvalue weighted by Gasteiger charge is 1.89. The molecule has 0 unspecified atom stereocenters. The van der Waals surface area contributed by atoms with Crippen LogP contribution >= 0.6 is 0 Å². The summed E-state index contributed by atoms with van der Waals surface area (Å²) in [5, 5.41) is 0. The first-order valence-electron chi connectivity index (χ1n) is 2.90. The van der Waals surface area contributed by atoms with Crippen LogP contribution in [0.3, 0.4) is 0 Å². The highest BCUT2D eigenvalue weighted by molar-refractivity contribution is 5.00. The molecule has 9 heavy (non-hydrogen) atoms. The minimum absolute atomic E-state index is 0.862. The molecule has 48 valence electrons. The maximum Gasteiger partial charge on any atom is 0.0946 e. The van der Waals surface area contributed by atoms with Gasteiger partial charge in [-0.25, -0.2) is 4.98 Å². The van der Waals surface area contributed by atoms with Gasteiger partial charge in [-0.15, -0.1) is 6.58 Å². The largest absolute Gasteiger partial charge is 0.340 e. The van der Waals surface area contributed by atoms with Gasteiger partial charge in [-0.1, -0.05) is 6.08 Å². The molecular formula is C7H10N2. The number of hydrogen-bond donors (Lipinski definition) is 0. The van der Waals surface area contributed by atoms with E-state index in [1.807, 2.05) is 23.9 Å². The topological polar surface area (TPSA) is 17.8 Å². The third-order valence-corrected chi connectivity index (χ3v) is 1.11. The molecule has 0 aliphatic rings. The SMILES string of the molecule is C=CCc1cn(C)cn1. The Kier molecular flexibility index (Phi) is 1.68. The zero-order chi connectivity index (χ0) is 6.69. The number of imidazole rings is 1. The Morgan fingerprint density at radius 3 is 3.11 bits per heavy atom. The fraction of sp³-hybridized carbons (Fsp3) is 0.286. The predicted octanol–water partition coefficient (Wildman–Crippen LogP) is 1.15. The zero-order valence-corrected chi connectivity index (χ0v) is 5.54. The van der Waals surface area contributed by atoms with Crippen LogP contribution in [0, 0.1) is 0 Å². The maximum atomic E-state index is 4.10. The van der Waals surface area contributed by atoms with Gasteiger partial charge < -0.3 is 4.57 Å². The standard InChI is InChI=1S/C7H10N2/c1-3-4-7-5-9(2)6-8-7/h3,5-6H,1,4H2,2H3. The van der Waals surface area contributed by atoms with Crippen LogP contribution in [0.15, 0.2) is 25.2 Å². The second kappa shape index (κ2) is 2.49. The second-order valence-corrected chi connectivity index (χ2v) is 2.02. The second-order valence-electron chi connectivity index (χ2n) is 2.02. The molecule has 0 radical (unpaired) electrons. The van der Waals surface area contributed by atoms with Crippen molar-refractivity contribution in [2.24, 2.45) is 7.05 Å². The Bertz CT molecular complexity index is 200. The zero-order valence-electron chi connectivity index (χ0n) is 5.54. The van der Waals surface area contributed by atoms with Crippen molar-refractivity contribution >= 4 is 0 Å². The molecule has 1 aromatic rings. The van der Waals surface area contributed by atoms with Crippen LogP contribution in [-0.4, -0.2) is 9.55 Å². The van der Waals surface area contributed by atoms with E-state index in [0.717, 1.165) is 12.1 Å². The molecule has 2 nitrogen and oxygen atoms in total. The number of allylic oxidation sites excluding steroid dienone is 1. The van der Waals surface area contributed by atoms with Gasteiger partial charge >= 0.3 is 0 Å². The Labute approximate surface area is 54.8 Å². The minimum atomic E-state index is 0.862. The van der Waals surface area contributed by atoms with Crippen LogP contribution in [0.2, 0.25) is 0 Å². The van der Waals surface area contributed by atoms with Crippen molar-refractivity contribution in [1.29, 1.82) is 0 Å². The van der Waals surface area contributed by atoms with Gasteiger partial charge in [-0.3, -0.25) is 0 Å². The molecule has 0 aliphatic carbocycles. The Morgan fingerprint density at radius 2 is 2.67 bits per heavy atom. The third kappa shape index (κ3) is 1.42. The van der Waals surface area contributed by atoms with E-state index in [9.17, 15) is 0 Å². The molecule has 0 saturated carbocycles. The normalized spacial score (nSPS) is 9.44.